The first-order valence-electron chi connectivity index (χ1n) is 10.4. The van der Waals surface area contributed by atoms with Crippen LogP contribution in [0.5, 0.6) is 5.75 Å². The Morgan fingerprint density at radius 1 is 1.08 bits per heavy atom. The van der Waals surface area contributed by atoms with Crippen molar-refractivity contribution in [3.8, 4) is 5.75 Å². The average molecular weight is 354 g/mol. The van der Waals surface area contributed by atoms with E-state index in [1.54, 1.807) is 7.11 Å². The van der Waals surface area contributed by atoms with E-state index in [2.05, 4.69) is 34.1 Å². The number of hydrogen-bond donors (Lipinski definition) is 0. The van der Waals surface area contributed by atoms with Gasteiger partial charge in [0.05, 0.1) is 13.2 Å². The summed E-state index contributed by atoms with van der Waals surface area (Å²) in [4.78, 5) is 18.0. The van der Waals surface area contributed by atoms with Crippen LogP contribution in [0.4, 0.5) is 0 Å². The summed E-state index contributed by atoms with van der Waals surface area (Å²) in [6.07, 6.45) is 7.07. The van der Waals surface area contributed by atoms with Crippen molar-refractivity contribution in [2.24, 2.45) is 11.8 Å². The van der Waals surface area contributed by atoms with E-state index in [4.69, 9.17) is 4.74 Å². The van der Waals surface area contributed by atoms with Crippen LogP contribution in [0.1, 0.15) is 50.0 Å². The van der Waals surface area contributed by atoms with E-state index in [9.17, 15) is 4.79 Å². The summed E-state index contributed by atoms with van der Waals surface area (Å²) in [5.74, 6) is 3.31. The number of ether oxygens (including phenoxy) is 1. The molecule has 0 aromatic heterocycles. The van der Waals surface area contributed by atoms with Crippen molar-refractivity contribution in [3.05, 3.63) is 29.8 Å². The molecule has 140 valence electrons. The van der Waals surface area contributed by atoms with Gasteiger partial charge in [-0.25, -0.2) is 0 Å². The van der Waals surface area contributed by atoms with Gasteiger partial charge in [-0.3, -0.25) is 9.69 Å². The second-order valence-electron chi connectivity index (χ2n) is 8.76. The minimum absolute atomic E-state index is 0.414. The number of piperidine rings is 3. The summed E-state index contributed by atoms with van der Waals surface area (Å²) >= 11 is 0. The molecule has 4 saturated heterocycles. The van der Waals surface area contributed by atoms with Gasteiger partial charge in [0.1, 0.15) is 5.75 Å². The number of likely N-dealkylation sites (tertiary alicyclic amines) is 1. The first-order valence-corrected chi connectivity index (χ1v) is 10.4. The van der Waals surface area contributed by atoms with E-state index >= 15 is 0 Å². The van der Waals surface area contributed by atoms with Crippen molar-refractivity contribution in [2.45, 2.75) is 56.5 Å². The molecule has 1 amide bonds. The summed E-state index contributed by atoms with van der Waals surface area (Å²) in [6, 6.07) is 9.51. The van der Waals surface area contributed by atoms with E-state index in [1.165, 1.54) is 44.3 Å². The zero-order chi connectivity index (χ0) is 17.7. The molecule has 0 N–H and O–H groups in total. The zero-order valence-corrected chi connectivity index (χ0v) is 15.8. The number of fused-ring (bicyclic) bond motifs is 2. The van der Waals surface area contributed by atoms with Crippen LogP contribution in [0.25, 0.3) is 0 Å². The van der Waals surface area contributed by atoms with Crippen molar-refractivity contribution in [1.82, 2.24) is 9.80 Å². The first-order chi connectivity index (χ1) is 12.7. The zero-order valence-electron chi connectivity index (χ0n) is 15.8. The Balaban J connectivity index is 1.40. The fourth-order valence-electron chi connectivity index (χ4n) is 5.73. The number of carbonyl (C=O) groups is 1. The second kappa shape index (κ2) is 6.56. The molecule has 1 aromatic carbocycles. The predicted octanol–water partition coefficient (Wildman–Crippen LogP) is 3.27. The average Bonchev–Trinajstić information content (AvgIpc) is 3.44. The van der Waals surface area contributed by atoms with Crippen molar-refractivity contribution < 1.29 is 9.53 Å². The van der Waals surface area contributed by atoms with Crippen LogP contribution in [0, 0.1) is 11.8 Å². The van der Waals surface area contributed by atoms with Crippen LogP contribution in [0.2, 0.25) is 0 Å². The third-order valence-corrected chi connectivity index (χ3v) is 7.32. The molecular formula is C22H30N2O2. The number of amides is 1. The lowest BCUT2D eigenvalue weighted by Gasteiger charge is -2.51. The molecule has 6 rings (SSSR count). The summed E-state index contributed by atoms with van der Waals surface area (Å²) in [6.45, 7) is 3.32. The Labute approximate surface area is 156 Å². The highest BCUT2D eigenvalue weighted by molar-refractivity contribution is 5.77. The smallest absolute Gasteiger partial charge is 0.222 e. The van der Waals surface area contributed by atoms with Gasteiger partial charge in [0, 0.05) is 24.9 Å². The van der Waals surface area contributed by atoms with E-state index in [-0.39, 0.29) is 0 Å². The van der Waals surface area contributed by atoms with Crippen LogP contribution in [-0.4, -0.2) is 54.5 Å². The van der Waals surface area contributed by atoms with Gasteiger partial charge in [-0.15, -0.1) is 0 Å². The van der Waals surface area contributed by atoms with Gasteiger partial charge in [0.2, 0.25) is 5.91 Å². The maximum Gasteiger partial charge on any atom is 0.222 e. The molecule has 0 radical (unpaired) electrons. The number of benzene rings is 1. The summed E-state index contributed by atoms with van der Waals surface area (Å²) in [7, 11) is 1.71. The topological polar surface area (TPSA) is 32.8 Å². The molecule has 4 heteroatoms. The van der Waals surface area contributed by atoms with Gasteiger partial charge in [0.15, 0.2) is 0 Å². The van der Waals surface area contributed by atoms with Gasteiger partial charge < -0.3 is 9.64 Å². The Hall–Kier alpha value is -1.55. The molecule has 2 bridgehead atoms. The number of hydrogen-bond acceptors (Lipinski definition) is 3. The second-order valence-corrected chi connectivity index (χ2v) is 8.76. The fourth-order valence-corrected chi connectivity index (χ4v) is 5.73. The Kier molecular flexibility index (Phi) is 4.19. The molecule has 3 atom stereocenters. The molecule has 0 spiro atoms. The van der Waals surface area contributed by atoms with Crippen molar-refractivity contribution >= 4 is 5.91 Å². The van der Waals surface area contributed by atoms with Crippen LogP contribution in [0.15, 0.2) is 24.3 Å². The molecule has 0 unspecified atom stereocenters. The molecular weight excluding hydrogens is 324 g/mol. The van der Waals surface area contributed by atoms with Gasteiger partial charge in [-0.05, 0) is 61.9 Å². The third-order valence-electron chi connectivity index (χ3n) is 7.32. The highest BCUT2D eigenvalue weighted by atomic mass is 16.5. The molecule has 1 aliphatic carbocycles. The van der Waals surface area contributed by atoms with Gasteiger partial charge >= 0.3 is 0 Å². The maximum absolute atomic E-state index is 13.1. The SMILES string of the molecule is COc1ccc([C@@H]2CN(C(=O)CCC3CC3)[C@@H]3C4CCN(CC4)[C@@H]32)cc1. The molecule has 4 nitrogen and oxygen atoms in total. The van der Waals surface area contributed by atoms with Crippen molar-refractivity contribution in [3.63, 3.8) is 0 Å². The highest BCUT2D eigenvalue weighted by Gasteiger charge is 2.54. The number of methoxy groups -OCH3 is 1. The van der Waals surface area contributed by atoms with Crippen LogP contribution < -0.4 is 4.74 Å². The fraction of sp³-hybridized carbons (Fsp3) is 0.682. The lowest BCUT2D eigenvalue weighted by atomic mass is 9.75. The standard InChI is InChI=1S/C22H30N2O2/c1-26-18-7-5-16(6-8-18)19-14-24(20(25)9-4-15-2-3-15)21-17-10-12-23(13-11-17)22(19)21/h5-8,15,17,19,21-22H,2-4,9-14H2,1H3/t19-,21+,22+/m0/s1. The highest BCUT2D eigenvalue weighted by Crippen LogP contribution is 2.47. The van der Waals surface area contributed by atoms with Crippen molar-refractivity contribution in [1.29, 1.82) is 0 Å². The molecule has 1 saturated carbocycles. The Morgan fingerprint density at radius 2 is 1.81 bits per heavy atom. The van der Waals surface area contributed by atoms with E-state index in [1.807, 2.05) is 0 Å². The van der Waals surface area contributed by atoms with E-state index in [0.717, 1.165) is 31.1 Å². The van der Waals surface area contributed by atoms with Crippen LogP contribution in [0.3, 0.4) is 0 Å². The Bertz CT molecular complexity index is 661. The van der Waals surface area contributed by atoms with Crippen LogP contribution >= 0.6 is 0 Å². The summed E-state index contributed by atoms with van der Waals surface area (Å²) in [5, 5.41) is 0. The third kappa shape index (κ3) is 2.83. The summed E-state index contributed by atoms with van der Waals surface area (Å²) in [5.41, 5.74) is 1.37. The largest absolute Gasteiger partial charge is 0.497 e. The minimum Gasteiger partial charge on any atom is -0.497 e. The monoisotopic (exact) mass is 354 g/mol. The quantitative estimate of drug-likeness (QED) is 0.814. The number of rotatable bonds is 5. The molecule has 26 heavy (non-hydrogen) atoms. The van der Waals surface area contributed by atoms with Gasteiger partial charge in [-0.2, -0.15) is 0 Å². The normalized spacial score (nSPS) is 35.4. The number of carbonyl (C=O) groups excluding carboxylic acids is 1. The number of nitrogens with zero attached hydrogens (tertiary/aromatic N) is 2. The molecule has 4 aliphatic heterocycles. The molecule has 5 fully saturated rings. The van der Waals surface area contributed by atoms with E-state index in [0.29, 0.717) is 29.8 Å². The minimum atomic E-state index is 0.414. The van der Waals surface area contributed by atoms with Crippen molar-refractivity contribution in [2.75, 3.05) is 26.7 Å². The van der Waals surface area contributed by atoms with Crippen LogP contribution in [-0.2, 0) is 4.79 Å². The maximum atomic E-state index is 13.1. The first kappa shape index (κ1) is 16.6. The lowest BCUT2D eigenvalue weighted by Crippen LogP contribution is -2.60. The van der Waals surface area contributed by atoms with E-state index < -0.39 is 0 Å². The van der Waals surface area contributed by atoms with Gasteiger partial charge in [-0.1, -0.05) is 25.0 Å². The Morgan fingerprint density at radius 3 is 2.46 bits per heavy atom. The molecule has 4 heterocycles. The van der Waals surface area contributed by atoms with Gasteiger partial charge in [0.25, 0.3) is 0 Å². The lowest BCUT2D eigenvalue weighted by molar-refractivity contribution is -0.136. The predicted molar refractivity (Wildman–Crippen MR) is 101 cm³/mol. The molecule has 1 aromatic rings. The summed E-state index contributed by atoms with van der Waals surface area (Å²) < 4.78 is 5.33. The molecule has 5 aliphatic rings.